The van der Waals surface area contributed by atoms with Gasteiger partial charge in [-0.25, -0.2) is 0 Å². The van der Waals surface area contributed by atoms with E-state index in [1.54, 1.807) is 17.1 Å². The molecule has 0 aromatic heterocycles. The summed E-state index contributed by atoms with van der Waals surface area (Å²) in [6.45, 7) is 1.99. The van der Waals surface area contributed by atoms with Gasteiger partial charge in [-0.1, -0.05) is 42.5 Å². The van der Waals surface area contributed by atoms with Crippen molar-refractivity contribution in [3.8, 4) is 0 Å². The number of halogens is 1. The SMILES string of the molecule is CC(=O)N1CC(I)=C(c2ccccc2)[C@@]12C=CC=CC2=O. The third-order valence-corrected chi connectivity index (χ3v) is 4.77. The maximum absolute atomic E-state index is 12.7. The van der Waals surface area contributed by atoms with E-state index < -0.39 is 5.54 Å². The second-order valence-corrected chi connectivity index (χ2v) is 6.40. The number of carbonyl (C=O) groups is 2. The average Bonchev–Trinajstić information content (AvgIpc) is 2.77. The van der Waals surface area contributed by atoms with Crippen LogP contribution in [0.3, 0.4) is 0 Å². The Kier molecular flexibility index (Phi) is 3.57. The van der Waals surface area contributed by atoms with Gasteiger partial charge in [0.25, 0.3) is 0 Å². The molecule has 1 spiro atoms. The molecule has 1 aromatic rings. The molecule has 3 nitrogen and oxygen atoms in total. The van der Waals surface area contributed by atoms with Gasteiger partial charge in [0.1, 0.15) is 0 Å². The van der Waals surface area contributed by atoms with Crippen molar-refractivity contribution < 1.29 is 9.59 Å². The number of allylic oxidation sites excluding steroid dienone is 2. The van der Waals surface area contributed by atoms with Crippen molar-refractivity contribution in [1.82, 2.24) is 4.90 Å². The maximum Gasteiger partial charge on any atom is 0.221 e. The number of hydrogen-bond acceptors (Lipinski definition) is 2. The number of hydrogen-bond donors (Lipinski definition) is 0. The minimum atomic E-state index is -0.988. The monoisotopic (exact) mass is 391 g/mol. The van der Waals surface area contributed by atoms with Crippen LogP contribution in [0.5, 0.6) is 0 Å². The summed E-state index contributed by atoms with van der Waals surface area (Å²) in [7, 11) is 0. The fraction of sp³-hybridized carbons (Fsp3) is 0.176. The van der Waals surface area contributed by atoms with E-state index in [4.69, 9.17) is 0 Å². The minimum absolute atomic E-state index is 0.0641. The van der Waals surface area contributed by atoms with Gasteiger partial charge in [-0.15, -0.1) is 0 Å². The standard InChI is InChI=1S/C17H14INO2/c1-12(20)19-11-14(18)16(13-7-3-2-4-8-13)17(19)10-6-5-9-15(17)21/h2-10H,11H2,1H3/t17-/m0/s1. The van der Waals surface area contributed by atoms with E-state index in [-0.39, 0.29) is 11.7 Å². The van der Waals surface area contributed by atoms with Gasteiger partial charge in [0.2, 0.25) is 5.91 Å². The van der Waals surface area contributed by atoms with Crippen LogP contribution < -0.4 is 0 Å². The molecule has 1 atom stereocenters. The summed E-state index contributed by atoms with van der Waals surface area (Å²) < 4.78 is 1.03. The first-order valence-corrected chi connectivity index (χ1v) is 7.78. The second kappa shape index (κ2) is 5.26. The van der Waals surface area contributed by atoms with Gasteiger partial charge in [-0.3, -0.25) is 9.59 Å². The number of nitrogens with zero attached hydrogens (tertiary/aromatic N) is 1. The molecule has 3 rings (SSSR count). The van der Waals surface area contributed by atoms with Crippen molar-refractivity contribution in [2.24, 2.45) is 0 Å². The number of amides is 1. The fourth-order valence-corrected chi connectivity index (χ4v) is 4.07. The summed E-state index contributed by atoms with van der Waals surface area (Å²) in [5, 5.41) is 0. The Hall–Kier alpha value is -1.69. The Bertz CT molecular complexity index is 703. The van der Waals surface area contributed by atoms with Crippen molar-refractivity contribution in [3.63, 3.8) is 0 Å². The molecule has 1 heterocycles. The van der Waals surface area contributed by atoms with E-state index >= 15 is 0 Å². The van der Waals surface area contributed by atoms with Crippen LogP contribution >= 0.6 is 22.6 Å². The number of benzene rings is 1. The summed E-state index contributed by atoms with van der Waals surface area (Å²) in [6.07, 6.45) is 6.95. The lowest BCUT2D eigenvalue weighted by Crippen LogP contribution is -2.52. The highest BCUT2D eigenvalue weighted by Gasteiger charge is 2.51. The number of rotatable bonds is 1. The third-order valence-electron chi connectivity index (χ3n) is 3.89. The lowest BCUT2D eigenvalue weighted by atomic mass is 9.79. The summed E-state index contributed by atoms with van der Waals surface area (Å²) in [4.78, 5) is 26.4. The molecule has 1 aliphatic carbocycles. The summed E-state index contributed by atoms with van der Waals surface area (Å²) in [5.74, 6) is -0.158. The smallest absolute Gasteiger partial charge is 0.221 e. The molecule has 0 saturated heterocycles. The van der Waals surface area contributed by atoms with Crippen molar-refractivity contribution in [3.05, 3.63) is 63.8 Å². The molecule has 0 saturated carbocycles. The first kappa shape index (κ1) is 14.3. The van der Waals surface area contributed by atoms with Crippen LogP contribution in [-0.4, -0.2) is 28.7 Å². The van der Waals surface area contributed by atoms with Crippen LogP contribution in [0.2, 0.25) is 0 Å². The fourth-order valence-electron chi connectivity index (χ4n) is 3.00. The van der Waals surface area contributed by atoms with Gasteiger partial charge in [0.15, 0.2) is 11.3 Å². The summed E-state index contributed by atoms with van der Waals surface area (Å²) >= 11 is 2.24. The van der Waals surface area contributed by atoms with Gasteiger partial charge in [-0.2, -0.15) is 0 Å². The molecule has 1 aliphatic heterocycles. The Labute approximate surface area is 137 Å². The molecule has 4 heteroatoms. The zero-order valence-electron chi connectivity index (χ0n) is 11.5. The average molecular weight is 391 g/mol. The molecular weight excluding hydrogens is 377 g/mol. The van der Waals surface area contributed by atoms with Crippen LogP contribution in [0.25, 0.3) is 5.57 Å². The molecule has 21 heavy (non-hydrogen) atoms. The first-order valence-electron chi connectivity index (χ1n) is 6.70. The number of ketones is 1. The van der Waals surface area contributed by atoms with Crippen LogP contribution in [0.4, 0.5) is 0 Å². The van der Waals surface area contributed by atoms with Gasteiger partial charge < -0.3 is 4.90 Å². The van der Waals surface area contributed by atoms with E-state index in [2.05, 4.69) is 22.6 Å². The highest BCUT2D eigenvalue weighted by molar-refractivity contribution is 14.1. The first-order chi connectivity index (χ1) is 10.1. The lowest BCUT2D eigenvalue weighted by Gasteiger charge is -2.37. The largest absolute Gasteiger partial charge is 0.317 e. The quantitative estimate of drug-likeness (QED) is 0.690. The van der Waals surface area contributed by atoms with E-state index in [9.17, 15) is 9.59 Å². The zero-order valence-corrected chi connectivity index (χ0v) is 13.7. The van der Waals surface area contributed by atoms with Gasteiger partial charge in [-0.05, 0) is 40.3 Å². The second-order valence-electron chi connectivity index (χ2n) is 5.10. The van der Waals surface area contributed by atoms with Gasteiger partial charge in [0, 0.05) is 16.1 Å². The third kappa shape index (κ3) is 2.09. The van der Waals surface area contributed by atoms with Crippen LogP contribution in [0, 0.1) is 0 Å². The van der Waals surface area contributed by atoms with Gasteiger partial charge in [0.05, 0.1) is 6.54 Å². The summed E-state index contributed by atoms with van der Waals surface area (Å²) in [5.41, 5.74) is 0.918. The predicted molar refractivity (Wildman–Crippen MR) is 90.8 cm³/mol. The molecule has 106 valence electrons. The van der Waals surface area contributed by atoms with Crippen LogP contribution in [0.15, 0.2) is 58.2 Å². The van der Waals surface area contributed by atoms with Crippen molar-refractivity contribution in [2.45, 2.75) is 12.5 Å². The molecule has 0 radical (unpaired) electrons. The molecule has 1 aromatic carbocycles. The normalized spacial score (nSPS) is 24.3. The zero-order chi connectivity index (χ0) is 15.0. The molecular formula is C17H14INO2. The molecule has 0 N–H and O–H groups in total. The highest BCUT2D eigenvalue weighted by Crippen LogP contribution is 2.46. The van der Waals surface area contributed by atoms with Crippen LogP contribution in [-0.2, 0) is 9.59 Å². The Morgan fingerprint density at radius 3 is 2.57 bits per heavy atom. The van der Waals surface area contributed by atoms with E-state index in [0.717, 1.165) is 14.7 Å². The van der Waals surface area contributed by atoms with E-state index in [0.29, 0.717) is 6.54 Å². The molecule has 2 aliphatic rings. The lowest BCUT2D eigenvalue weighted by molar-refractivity contribution is -0.136. The van der Waals surface area contributed by atoms with E-state index in [1.165, 1.54) is 6.92 Å². The summed E-state index contributed by atoms with van der Waals surface area (Å²) in [6, 6.07) is 9.81. The predicted octanol–water partition coefficient (Wildman–Crippen LogP) is 3.13. The topological polar surface area (TPSA) is 37.4 Å². The van der Waals surface area contributed by atoms with Crippen molar-refractivity contribution in [2.75, 3.05) is 6.54 Å². The Morgan fingerprint density at radius 2 is 1.95 bits per heavy atom. The maximum atomic E-state index is 12.7. The van der Waals surface area contributed by atoms with E-state index in [1.807, 2.05) is 42.5 Å². The van der Waals surface area contributed by atoms with Crippen LogP contribution in [0.1, 0.15) is 12.5 Å². The molecule has 0 unspecified atom stereocenters. The Morgan fingerprint density at radius 1 is 1.24 bits per heavy atom. The molecule has 1 amide bonds. The highest BCUT2D eigenvalue weighted by atomic mass is 127. The molecule has 0 fully saturated rings. The molecule has 0 bridgehead atoms. The van der Waals surface area contributed by atoms with Crippen molar-refractivity contribution >= 4 is 39.9 Å². The van der Waals surface area contributed by atoms with Gasteiger partial charge >= 0.3 is 0 Å². The number of carbonyl (C=O) groups excluding carboxylic acids is 2. The Balaban J connectivity index is 2.24. The minimum Gasteiger partial charge on any atom is -0.317 e. The van der Waals surface area contributed by atoms with Crippen molar-refractivity contribution in [1.29, 1.82) is 0 Å².